The van der Waals surface area contributed by atoms with Gasteiger partial charge in [0.05, 0.1) is 0 Å². The largest absolute Gasteiger partial charge is 0.439 e. The minimum Gasteiger partial charge on any atom is -0.349 e. The fraction of sp³-hybridized carbons (Fsp3) is 0.727. The topological polar surface area (TPSA) is 56.8 Å². The van der Waals surface area contributed by atoms with Crippen LogP contribution in [-0.4, -0.2) is 25.5 Å². The lowest BCUT2D eigenvalue weighted by Gasteiger charge is -2.20. The van der Waals surface area contributed by atoms with Crippen molar-refractivity contribution in [3.8, 4) is 0 Å². The van der Waals surface area contributed by atoms with Crippen molar-refractivity contribution in [2.24, 2.45) is 0 Å². The van der Waals surface area contributed by atoms with Crippen molar-refractivity contribution in [3.05, 3.63) is 12.2 Å². The monoisotopic (exact) mass is 229 g/mol. The van der Waals surface area contributed by atoms with Gasteiger partial charge in [0.2, 0.25) is 6.29 Å². The summed E-state index contributed by atoms with van der Waals surface area (Å²) in [7, 11) is 0. The van der Waals surface area contributed by atoms with Crippen LogP contribution in [0.4, 0.5) is 4.79 Å². The number of hydrogen-bond donors (Lipinski definition) is 1. The molecule has 1 fully saturated rings. The molecule has 1 unspecified atom stereocenters. The molecule has 1 heterocycles. The minimum absolute atomic E-state index is 0.411. The van der Waals surface area contributed by atoms with Crippen LogP contribution in [0.1, 0.15) is 32.6 Å². The van der Waals surface area contributed by atoms with E-state index in [1.165, 1.54) is 0 Å². The van der Waals surface area contributed by atoms with Gasteiger partial charge in [-0.1, -0.05) is 19.1 Å². The Morgan fingerprint density at radius 3 is 3.06 bits per heavy atom. The molecule has 0 aromatic heterocycles. The zero-order chi connectivity index (χ0) is 11.6. The number of nitrogens with one attached hydrogen (secondary N) is 1. The van der Waals surface area contributed by atoms with Gasteiger partial charge in [-0.3, -0.25) is 4.89 Å². The summed E-state index contributed by atoms with van der Waals surface area (Å²) >= 11 is 0. The fourth-order valence-corrected chi connectivity index (χ4v) is 1.31. The summed E-state index contributed by atoms with van der Waals surface area (Å²) in [5, 5.41) is 2.53. The maximum atomic E-state index is 11.1. The lowest BCUT2D eigenvalue weighted by Crippen LogP contribution is -2.29. The summed E-state index contributed by atoms with van der Waals surface area (Å²) < 4.78 is 5.23. The predicted molar refractivity (Wildman–Crippen MR) is 58.6 cm³/mol. The van der Waals surface area contributed by atoms with E-state index in [0.29, 0.717) is 13.2 Å². The number of carbonyl (C=O) groups excluding carboxylic acids is 1. The van der Waals surface area contributed by atoms with Gasteiger partial charge in [-0.2, -0.15) is 4.89 Å². The number of rotatable bonds is 5. The summed E-state index contributed by atoms with van der Waals surface area (Å²) in [5.74, 6) is 0. The van der Waals surface area contributed by atoms with E-state index in [0.717, 1.165) is 25.7 Å². The molecule has 0 aromatic rings. The van der Waals surface area contributed by atoms with Crippen molar-refractivity contribution in [2.45, 2.75) is 38.9 Å². The van der Waals surface area contributed by atoms with Crippen LogP contribution in [0.3, 0.4) is 0 Å². The Hall–Kier alpha value is -1.07. The first-order chi connectivity index (χ1) is 7.83. The summed E-state index contributed by atoms with van der Waals surface area (Å²) in [6.45, 7) is 3.13. The van der Waals surface area contributed by atoms with Crippen LogP contribution >= 0.6 is 0 Å². The second kappa shape index (κ2) is 8.13. The molecule has 1 rings (SSSR count). The highest BCUT2D eigenvalue weighted by Crippen LogP contribution is 2.13. The third kappa shape index (κ3) is 5.72. The smallest absolute Gasteiger partial charge is 0.349 e. The van der Waals surface area contributed by atoms with Crippen LogP contribution in [-0.2, 0) is 14.5 Å². The van der Waals surface area contributed by atoms with Crippen LogP contribution in [0.25, 0.3) is 0 Å². The molecule has 0 bridgehead atoms. The Morgan fingerprint density at radius 2 is 2.38 bits per heavy atom. The average molecular weight is 229 g/mol. The number of carbonyl (C=O) groups is 1. The molecule has 1 atom stereocenters. The van der Waals surface area contributed by atoms with Crippen LogP contribution < -0.4 is 5.32 Å². The van der Waals surface area contributed by atoms with E-state index < -0.39 is 12.4 Å². The van der Waals surface area contributed by atoms with Crippen LogP contribution in [0.5, 0.6) is 0 Å². The maximum Gasteiger partial charge on any atom is 0.439 e. The molecule has 1 aliphatic rings. The number of hydrogen-bond acceptors (Lipinski definition) is 4. The average Bonchev–Trinajstić information content (AvgIpc) is 2.33. The van der Waals surface area contributed by atoms with E-state index in [9.17, 15) is 4.79 Å². The normalized spacial score (nSPS) is 20.9. The molecule has 0 saturated carbocycles. The highest BCUT2D eigenvalue weighted by molar-refractivity contribution is 5.66. The molecule has 5 heteroatoms. The van der Waals surface area contributed by atoms with Crippen LogP contribution in [0, 0.1) is 0 Å². The first-order valence-corrected chi connectivity index (χ1v) is 5.70. The zero-order valence-electron chi connectivity index (χ0n) is 9.61. The minimum atomic E-state index is -0.588. The number of ether oxygens (including phenoxy) is 1. The van der Waals surface area contributed by atoms with Gasteiger partial charge in [0.1, 0.15) is 0 Å². The van der Waals surface area contributed by atoms with E-state index >= 15 is 0 Å². The van der Waals surface area contributed by atoms with E-state index in [-0.39, 0.29) is 0 Å². The Labute approximate surface area is 95.7 Å². The Bertz CT molecular complexity index is 224. The van der Waals surface area contributed by atoms with Gasteiger partial charge >= 0.3 is 6.09 Å². The van der Waals surface area contributed by atoms with Gasteiger partial charge < -0.3 is 10.1 Å². The van der Waals surface area contributed by atoms with Crippen molar-refractivity contribution in [2.75, 3.05) is 13.2 Å². The number of allylic oxidation sites excluding steroid dienone is 1. The van der Waals surface area contributed by atoms with Gasteiger partial charge in [0.25, 0.3) is 0 Å². The van der Waals surface area contributed by atoms with Crippen LogP contribution in [0.2, 0.25) is 0 Å². The van der Waals surface area contributed by atoms with Gasteiger partial charge in [0.15, 0.2) is 0 Å². The molecular weight excluding hydrogens is 210 g/mol. The second-order valence-electron chi connectivity index (χ2n) is 3.52. The fourth-order valence-electron chi connectivity index (χ4n) is 1.31. The van der Waals surface area contributed by atoms with E-state index in [2.05, 4.69) is 10.2 Å². The first kappa shape index (κ1) is 13.0. The van der Waals surface area contributed by atoms with Crippen molar-refractivity contribution in [1.29, 1.82) is 0 Å². The van der Waals surface area contributed by atoms with E-state index in [1.54, 1.807) is 0 Å². The molecule has 1 saturated heterocycles. The summed E-state index contributed by atoms with van der Waals surface area (Å²) in [6.07, 6.45) is 6.61. The van der Waals surface area contributed by atoms with Crippen molar-refractivity contribution < 1.29 is 19.3 Å². The molecular formula is C11H19NO4. The highest BCUT2D eigenvalue weighted by atomic mass is 17.2. The lowest BCUT2D eigenvalue weighted by molar-refractivity contribution is -0.346. The molecule has 5 nitrogen and oxygen atoms in total. The van der Waals surface area contributed by atoms with Crippen LogP contribution in [0.15, 0.2) is 12.2 Å². The second-order valence-corrected chi connectivity index (χ2v) is 3.52. The van der Waals surface area contributed by atoms with E-state index in [1.807, 2.05) is 19.1 Å². The van der Waals surface area contributed by atoms with Gasteiger partial charge in [-0.15, -0.1) is 0 Å². The maximum absolute atomic E-state index is 11.1. The molecule has 92 valence electrons. The molecule has 0 aromatic carbocycles. The standard InChI is InChI=1S/C11H19NO4/c1-2-3-5-8-12-11(13)16-15-10-7-4-6-9-14-10/h3,5,10H,2,4,6-9H2,1H3,(H,12,13). The Balaban J connectivity index is 2.02. The first-order valence-electron chi connectivity index (χ1n) is 5.70. The molecule has 1 aliphatic heterocycles. The SMILES string of the molecule is CCC=CCNC(=O)OOC1CCCCO1. The quantitative estimate of drug-likeness (QED) is 0.446. The Morgan fingerprint density at radius 1 is 1.50 bits per heavy atom. The van der Waals surface area contributed by atoms with Gasteiger partial charge in [-0.25, -0.2) is 4.79 Å². The third-order valence-corrected chi connectivity index (χ3v) is 2.14. The van der Waals surface area contributed by atoms with Crippen molar-refractivity contribution >= 4 is 6.09 Å². The van der Waals surface area contributed by atoms with Crippen molar-refractivity contribution in [3.63, 3.8) is 0 Å². The van der Waals surface area contributed by atoms with Gasteiger partial charge in [-0.05, 0) is 19.3 Å². The molecule has 1 amide bonds. The summed E-state index contributed by atoms with van der Waals surface area (Å²) in [4.78, 5) is 20.5. The zero-order valence-corrected chi connectivity index (χ0v) is 9.61. The third-order valence-electron chi connectivity index (χ3n) is 2.14. The van der Waals surface area contributed by atoms with E-state index in [4.69, 9.17) is 9.62 Å². The Kier molecular flexibility index (Phi) is 6.60. The number of amides is 1. The van der Waals surface area contributed by atoms with Gasteiger partial charge in [0, 0.05) is 19.6 Å². The summed E-state index contributed by atoms with van der Waals surface area (Å²) in [5.41, 5.74) is 0. The molecule has 0 spiro atoms. The van der Waals surface area contributed by atoms with Crippen molar-refractivity contribution in [1.82, 2.24) is 5.32 Å². The molecule has 16 heavy (non-hydrogen) atoms. The molecule has 1 N–H and O–H groups in total. The summed E-state index contributed by atoms with van der Waals surface area (Å²) in [6, 6.07) is 0. The molecule has 0 radical (unpaired) electrons. The highest BCUT2D eigenvalue weighted by Gasteiger charge is 2.16. The molecule has 0 aliphatic carbocycles. The predicted octanol–water partition coefficient (Wildman–Crippen LogP) is 2.14. The lowest BCUT2D eigenvalue weighted by atomic mass is 10.2.